The third kappa shape index (κ3) is 5.13. The second-order valence-electron chi connectivity index (χ2n) is 6.76. The number of hydrogen-bond acceptors (Lipinski definition) is 5. The van der Waals surface area contributed by atoms with Crippen molar-refractivity contribution in [3.63, 3.8) is 0 Å². The van der Waals surface area contributed by atoms with E-state index in [2.05, 4.69) is 22.5 Å². The monoisotopic (exact) mass is 395 g/mol. The quantitative estimate of drug-likeness (QED) is 0.787. The Labute approximate surface area is 170 Å². The molecule has 0 saturated carbocycles. The van der Waals surface area contributed by atoms with Gasteiger partial charge >= 0.3 is 0 Å². The molecule has 1 atom stereocenters. The van der Waals surface area contributed by atoms with Crippen molar-refractivity contribution in [1.29, 1.82) is 0 Å². The summed E-state index contributed by atoms with van der Waals surface area (Å²) in [7, 11) is 3.10. The summed E-state index contributed by atoms with van der Waals surface area (Å²) in [4.78, 5) is 29.1. The minimum Gasteiger partial charge on any atom is -0.493 e. The number of amides is 2. The lowest BCUT2D eigenvalue weighted by Crippen LogP contribution is -2.47. The molecule has 0 spiro atoms. The lowest BCUT2D eigenvalue weighted by Gasteiger charge is -2.21. The van der Waals surface area contributed by atoms with E-state index in [1.54, 1.807) is 32.4 Å². The summed E-state index contributed by atoms with van der Waals surface area (Å²) < 4.78 is 10.5. The molecule has 7 heteroatoms. The van der Waals surface area contributed by atoms with Crippen LogP contribution >= 0.6 is 0 Å². The van der Waals surface area contributed by atoms with Gasteiger partial charge in [0.05, 0.1) is 33.1 Å². The highest BCUT2D eigenvalue weighted by Gasteiger charge is 2.23. The van der Waals surface area contributed by atoms with Gasteiger partial charge < -0.3 is 9.47 Å². The van der Waals surface area contributed by atoms with Crippen molar-refractivity contribution in [1.82, 2.24) is 10.6 Å². The molecule has 3 rings (SSSR count). The first kappa shape index (κ1) is 20.4. The predicted molar refractivity (Wildman–Crippen MR) is 110 cm³/mol. The molecule has 0 saturated heterocycles. The maximum absolute atomic E-state index is 12.5. The van der Waals surface area contributed by atoms with Gasteiger partial charge in [0, 0.05) is 0 Å². The second kappa shape index (κ2) is 9.23. The minimum absolute atomic E-state index is 0.116. The number of carbonyl (C=O) groups is 2. The number of hydrogen-bond donors (Lipinski definition) is 2. The summed E-state index contributed by atoms with van der Waals surface area (Å²) in [6.07, 6.45) is 1.32. The van der Waals surface area contributed by atoms with Gasteiger partial charge in [-0.1, -0.05) is 37.3 Å². The van der Waals surface area contributed by atoms with Gasteiger partial charge in [-0.05, 0) is 35.2 Å². The minimum atomic E-state index is -0.314. The van der Waals surface area contributed by atoms with Crippen LogP contribution in [0, 0.1) is 0 Å². The van der Waals surface area contributed by atoms with E-state index in [1.807, 2.05) is 24.3 Å². The van der Waals surface area contributed by atoms with Crippen LogP contribution in [0.3, 0.4) is 0 Å². The van der Waals surface area contributed by atoms with E-state index in [4.69, 9.17) is 9.47 Å². The molecule has 1 aliphatic heterocycles. The second-order valence-corrected chi connectivity index (χ2v) is 6.76. The van der Waals surface area contributed by atoms with Crippen LogP contribution in [-0.4, -0.2) is 32.0 Å². The molecule has 2 aromatic rings. The van der Waals surface area contributed by atoms with E-state index in [-0.39, 0.29) is 36.7 Å². The summed E-state index contributed by atoms with van der Waals surface area (Å²) in [5.41, 5.74) is 2.93. The molecule has 1 heterocycles. The first-order valence-electron chi connectivity index (χ1n) is 9.49. The summed E-state index contributed by atoms with van der Waals surface area (Å²) in [6, 6.07) is 13.0. The molecule has 2 N–H and O–H groups in total. The van der Waals surface area contributed by atoms with Crippen molar-refractivity contribution < 1.29 is 19.1 Å². The fourth-order valence-electron chi connectivity index (χ4n) is 3.18. The van der Waals surface area contributed by atoms with Gasteiger partial charge in [-0.15, -0.1) is 0 Å². The van der Waals surface area contributed by atoms with E-state index in [1.165, 1.54) is 5.56 Å². The highest BCUT2D eigenvalue weighted by molar-refractivity contribution is 6.06. The van der Waals surface area contributed by atoms with E-state index < -0.39 is 0 Å². The molecule has 29 heavy (non-hydrogen) atoms. The Morgan fingerprint density at radius 1 is 1.10 bits per heavy atom. The van der Waals surface area contributed by atoms with Crippen LogP contribution in [0.4, 0.5) is 0 Å². The number of aryl methyl sites for hydroxylation is 1. The van der Waals surface area contributed by atoms with Gasteiger partial charge in [0.15, 0.2) is 11.5 Å². The van der Waals surface area contributed by atoms with Crippen molar-refractivity contribution >= 4 is 17.8 Å². The Balaban J connectivity index is 1.69. The first-order chi connectivity index (χ1) is 14.0. The molecule has 0 radical (unpaired) electrons. The maximum Gasteiger partial charge on any atom is 0.231 e. The highest BCUT2D eigenvalue weighted by atomic mass is 16.5. The summed E-state index contributed by atoms with van der Waals surface area (Å²) in [5, 5.41) is 5.32. The van der Waals surface area contributed by atoms with E-state index in [9.17, 15) is 9.59 Å². The van der Waals surface area contributed by atoms with Gasteiger partial charge in [0.2, 0.25) is 17.8 Å². The van der Waals surface area contributed by atoms with Crippen molar-refractivity contribution in [2.45, 2.75) is 32.2 Å². The number of nitrogens with zero attached hydrogens (tertiary/aromatic N) is 1. The Bertz CT molecular complexity index is 922. The number of carbonyl (C=O) groups excluding carboxylic acids is 2. The number of nitrogens with one attached hydrogen (secondary N) is 2. The standard InChI is InChI=1S/C22H25N3O4/c1-4-14-5-8-16(9-6-14)17-13-21(27)25-22(23-17)24-20(26)12-15-7-10-18(28-2)19(11-15)29-3/h5-11,17H,4,12-13H2,1-3H3,(H2,23,24,25,26,27). The molecule has 1 aliphatic rings. The highest BCUT2D eigenvalue weighted by Crippen LogP contribution is 2.28. The maximum atomic E-state index is 12.5. The fraction of sp³-hybridized carbons (Fsp3) is 0.318. The molecule has 7 nitrogen and oxygen atoms in total. The molecule has 0 bridgehead atoms. The van der Waals surface area contributed by atoms with Gasteiger partial charge in [-0.3, -0.25) is 20.2 Å². The molecule has 1 unspecified atom stereocenters. The average molecular weight is 395 g/mol. The smallest absolute Gasteiger partial charge is 0.231 e. The number of ether oxygens (including phenoxy) is 2. The number of guanidine groups is 1. The molecule has 152 valence electrons. The Morgan fingerprint density at radius 2 is 1.79 bits per heavy atom. The molecule has 2 amide bonds. The van der Waals surface area contributed by atoms with Crippen molar-refractivity contribution in [2.75, 3.05) is 14.2 Å². The van der Waals surface area contributed by atoms with Crippen LogP contribution < -0.4 is 20.1 Å². The predicted octanol–water partition coefficient (Wildman–Crippen LogP) is 2.54. The summed E-state index contributed by atoms with van der Waals surface area (Å²) in [5.74, 6) is 0.870. The van der Waals surface area contributed by atoms with Crippen molar-refractivity contribution in [3.8, 4) is 11.5 Å². The van der Waals surface area contributed by atoms with Crippen LogP contribution in [0.15, 0.2) is 47.5 Å². The largest absolute Gasteiger partial charge is 0.493 e. The van der Waals surface area contributed by atoms with Crippen LogP contribution in [0.25, 0.3) is 0 Å². The number of aliphatic imine (C=N–C) groups is 1. The molecule has 0 fully saturated rings. The Hall–Kier alpha value is -3.35. The van der Waals surface area contributed by atoms with Crippen LogP contribution in [0.5, 0.6) is 11.5 Å². The normalized spacial score (nSPS) is 15.9. The van der Waals surface area contributed by atoms with Gasteiger partial charge in [-0.25, -0.2) is 4.99 Å². The van der Waals surface area contributed by atoms with E-state index in [0.717, 1.165) is 17.5 Å². The Kier molecular flexibility index (Phi) is 6.49. The van der Waals surface area contributed by atoms with E-state index >= 15 is 0 Å². The topological polar surface area (TPSA) is 89.0 Å². The first-order valence-corrected chi connectivity index (χ1v) is 9.49. The number of benzene rings is 2. The van der Waals surface area contributed by atoms with Crippen molar-refractivity contribution in [3.05, 3.63) is 59.2 Å². The zero-order valence-corrected chi connectivity index (χ0v) is 16.8. The summed E-state index contributed by atoms with van der Waals surface area (Å²) >= 11 is 0. The molecular formula is C22H25N3O4. The third-order valence-corrected chi connectivity index (χ3v) is 4.76. The van der Waals surface area contributed by atoms with Crippen molar-refractivity contribution in [2.24, 2.45) is 4.99 Å². The third-order valence-electron chi connectivity index (χ3n) is 4.76. The zero-order chi connectivity index (χ0) is 20.8. The van der Waals surface area contributed by atoms with Crippen LogP contribution in [0.1, 0.15) is 36.1 Å². The van der Waals surface area contributed by atoms with Gasteiger partial charge in [0.1, 0.15) is 0 Å². The SMILES string of the molecule is CCc1ccc(C2CC(=O)NC(NC(=O)Cc3ccc(OC)c(OC)c3)=N2)cc1. The average Bonchev–Trinajstić information content (AvgIpc) is 2.73. The lowest BCUT2D eigenvalue weighted by atomic mass is 10.0. The fourth-order valence-corrected chi connectivity index (χ4v) is 3.18. The van der Waals surface area contributed by atoms with E-state index in [0.29, 0.717) is 11.5 Å². The lowest BCUT2D eigenvalue weighted by molar-refractivity contribution is -0.120. The number of methoxy groups -OCH3 is 2. The molecular weight excluding hydrogens is 370 g/mol. The van der Waals surface area contributed by atoms with Gasteiger partial charge in [-0.2, -0.15) is 0 Å². The van der Waals surface area contributed by atoms with Crippen LogP contribution in [0.2, 0.25) is 0 Å². The zero-order valence-electron chi connectivity index (χ0n) is 16.8. The van der Waals surface area contributed by atoms with Gasteiger partial charge in [0.25, 0.3) is 0 Å². The number of rotatable bonds is 6. The molecule has 2 aromatic carbocycles. The Morgan fingerprint density at radius 3 is 2.45 bits per heavy atom. The molecule has 0 aliphatic carbocycles. The molecule has 0 aromatic heterocycles. The summed E-state index contributed by atoms with van der Waals surface area (Å²) in [6.45, 7) is 2.09. The van der Waals surface area contributed by atoms with Crippen LogP contribution in [-0.2, 0) is 22.4 Å².